The average molecular weight is 402 g/mol. The van der Waals surface area contributed by atoms with E-state index in [2.05, 4.69) is 26.9 Å². The van der Waals surface area contributed by atoms with E-state index in [1.54, 1.807) is 29.1 Å². The van der Waals surface area contributed by atoms with E-state index in [-0.39, 0.29) is 11.4 Å². The molecule has 3 rings (SSSR count). The lowest BCUT2D eigenvalue weighted by Crippen LogP contribution is -2.23. The smallest absolute Gasteiger partial charge is 0.241 e. The molecule has 0 aliphatic heterocycles. The largest absolute Gasteiger partial charge is 0.394 e. The first-order chi connectivity index (χ1) is 13.4. The summed E-state index contributed by atoms with van der Waals surface area (Å²) in [7, 11) is 0.116. The number of aromatic nitrogens is 3. The molecule has 0 bridgehead atoms. The fraction of sp³-hybridized carbons (Fsp3) is 0.278. The maximum atomic E-state index is 12.9. The van der Waals surface area contributed by atoms with Crippen molar-refractivity contribution in [2.45, 2.75) is 18.0 Å². The molecule has 148 valence electrons. The van der Waals surface area contributed by atoms with Crippen LogP contribution in [0, 0.1) is 0 Å². The SMILES string of the molecule is C=NOCCn1cc(CNS(=O)(=O)c2cccc3c(N(C)C)cccc23)nn1. The molecule has 0 spiro atoms. The lowest BCUT2D eigenvalue weighted by Gasteiger charge is -2.17. The van der Waals surface area contributed by atoms with Crippen LogP contribution in [0.3, 0.4) is 0 Å². The Morgan fingerprint density at radius 2 is 1.96 bits per heavy atom. The average Bonchev–Trinajstić information content (AvgIpc) is 3.13. The van der Waals surface area contributed by atoms with Crippen molar-refractivity contribution in [1.29, 1.82) is 0 Å². The van der Waals surface area contributed by atoms with Gasteiger partial charge in [0.25, 0.3) is 0 Å². The summed E-state index contributed by atoms with van der Waals surface area (Å²) in [6, 6.07) is 10.9. The van der Waals surface area contributed by atoms with E-state index in [1.165, 1.54) is 0 Å². The monoisotopic (exact) mass is 402 g/mol. The fourth-order valence-corrected chi connectivity index (χ4v) is 4.08. The van der Waals surface area contributed by atoms with Gasteiger partial charge >= 0.3 is 0 Å². The molecule has 1 N–H and O–H groups in total. The Balaban J connectivity index is 1.80. The van der Waals surface area contributed by atoms with Crippen LogP contribution in [0.15, 0.2) is 52.6 Å². The minimum Gasteiger partial charge on any atom is -0.394 e. The van der Waals surface area contributed by atoms with Crippen LogP contribution in [0.4, 0.5) is 5.69 Å². The number of nitrogens with one attached hydrogen (secondary N) is 1. The summed E-state index contributed by atoms with van der Waals surface area (Å²) >= 11 is 0. The lowest BCUT2D eigenvalue weighted by atomic mass is 10.1. The molecule has 1 heterocycles. The van der Waals surface area contributed by atoms with Crippen molar-refractivity contribution in [3.05, 3.63) is 48.3 Å². The van der Waals surface area contributed by atoms with Gasteiger partial charge in [0.15, 0.2) is 0 Å². The van der Waals surface area contributed by atoms with Crippen molar-refractivity contribution in [3.63, 3.8) is 0 Å². The van der Waals surface area contributed by atoms with E-state index in [9.17, 15) is 8.42 Å². The molecule has 0 atom stereocenters. The zero-order valence-electron chi connectivity index (χ0n) is 15.7. The third-order valence-corrected chi connectivity index (χ3v) is 5.62. The molecule has 28 heavy (non-hydrogen) atoms. The van der Waals surface area contributed by atoms with Gasteiger partial charge in [-0.2, -0.15) is 0 Å². The lowest BCUT2D eigenvalue weighted by molar-refractivity contribution is 0.135. The Hall–Kier alpha value is -2.98. The second-order valence-corrected chi connectivity index (χ2v) is 8.02. The molecule has 0 aliphatic rings. The third-order valence-electron chi connectivity index (χ3n) is 4.16. The van der Waals surface area contributed by atoms with Crippen LogP contribution in [0.5, 0.6) is 0 Å². The number of hydrogen-bond donors (Lipinski definition) is 1. The van der Waals surface area contributed by atoms with Gasteiger partial charge in [-0.15, -0.1) is 10.3 Å². The van der Waals surface area contributed by atoms with E-state index in [0.717, 1.165) is 11.1 Å². The van der Waals surface area contributed by atoms with Gasteiger partial charge in [-0.1, -0.05) is 29.5 Å². The van der Waals surface area contributed by atoms with Gasteiger partial charge in [-0.05, 0) is 12.1 Å². The highest BCUT2D eigenvalue weighted by atomic mass is 32.2. The Kier molecular flexibility index (Phi) is 5.90. The molecule has 0 aliphatic carbocycles. The first-order valence-corrected chi connectivity index (χ1v) is 10.1. The Morgan fingerprint density at radius 1 is 1.21 bits per heavy atom. The number of hydrogen-bond acceptors (Lipinski definition) is 7. The molecule has 1 aromatic heterocycles. The van der Waals surface area contributed by atoms with Crippen LogP contribution in [0.1, 0.15) is 5.69 Å². The number of nitrogens with zero attached hydrogens (tertiary/aromatic N) is 5. The number of anilines is 1. The van der Waals surface area contributed by atoms with Gasteiger partial charge in [-0.3, -0.25) is 0 Å². The Labute approximate surface area is 163 Å². The summed E-state index contributed by atoms with van der Waals surface area (Å²) in [5.41, 5.74) is 1.46. The molecule has 0 fully saturated rings. The van der Waals surface area contributed by atoms with E-state index in [1.807, 2.05) is 37.2 Å². The van der Waals surface area contributed by atoms with Gasteiger partial charge in [0.2, 0.25) is 10.0 Å². The van der Waals surface area contributed by atoms with Crippen molar-refractivity contribution < 1.29 is 13.3 Å². The minimum atomic E-state index is -3.73. The molecule has 2 aromatic carbocycles. The van der Waals surface area contributed by atoms with Gasteiger partial charge in [0.05, 0.1) is 23.7 Å². The summed E-state index contributed by atoms with van der Waals surface area (Å²) in [5, 5.41) is 12.7. The molecule has 0 saturated carbocycles. The molecule has 0 saturated heterocycles. The predicted octanol–water partition coefficient (Wildman–Crippen LogP) is 1.61. The predicted molar refractivity (Wildman–Crippen MR) is 108 cm³/mol. The number of oxime groups is 1. The van der Waals surface area contributed by atoms with E-state index < -0.39 is 10.0 Å². The van der Waals surface area contributed by atoms with Crippen molar-refractivity contribution in [3.8, 4) is 0 Å². The summed E-state index contributed by atoms with van der Waals surface area (Å²) in [4.78, 5) is 6.98. The number of rotatable bonds is 9. The molecule has 0 amide bonds. The number of sulfonamides is 1. The van der Waals surface area contributed by atoms with Crippen LogP contribution in [0.25, 0.3) is 10.8 Å². The van der Waals surface area contributed by atoms with Crippen molar-refractivity contribution in [1.82, 2.24) is 19.7 Å². The van der Waals surface area contributed by atoms with Gasteiger partial charge < -0.3 is 9.74 Å². The van der Waals surface area contributed by atoms with Crippen LogP contribution < -0.4 is 9.62 Å². The molecule has 10 heteroatoms. The summed E-state index contributed by atoms with van der Waals surface area (Å²) in [6.07, 6.45) is 1.65. The second kappa shape index (κ2) is 8.36. The first kappa shape index (κ1) is 19.8. The van der Waals surface area contributed by atoms with E-state index in [0.29, 0.717) is 24.2 Å². The highest BCUT2D eigenvalue weighted by molar-refractivity contribution is 7.89. The number of benzene rings is 2. The fourth-order valence-electron chi connectivity index (χ4n) is 2.86. The van der Waals surface area contributed by atoms with Crippen LogP contribution in [0.2, 0.25) is 0 Å². The first-order valence-electron chi connectivity index (χ1n) is 8.58. The normalized spacial score (nSPS) is 11.5. The minimum absolute atomic E-state index is 0.0344. The van der Waals surface area contributed by atoms with Crippen molar-refractivity contribution >= 4 is 33.2 Å². The standard InChI is InChI=1S/C18H22N6O3S/c1-19-27-11-10-24-13-14(21-22-24)12-20-28(25,26)18-9-5-6-15-16(18)7-4-8-17(15)23(2)3/h4-9,13,20H,1,10-12H2,2-3H3. The quantitative estimate of drug-likeness (QED) is 0.331. The highest BCUT2D eigenvalue weighted by Gasteiger charge is 2.19. The van der Waals surface area contributed by atoms with E-state index in [4.69, 9.17) is 4.84 Å². The Morgan fingerprint density at radius 3 is 2.71 bits per heavy atom. The van der Waals surface area contributed by atoms with Gasteiger partial charge in [-0.25, -0.2) is 17.8 Å². The van der Waals surface area contributed by atoms with Crippen molar-refractivity contribution in [2.75, 3.05) is 25.6 Å². The van der Waals surface area contributed by atoms with Gasteiger partial charge in [0, 0.05) is 43.5 Å². The molecular formula is C18H22N6O3S. The summed E-state index contributed by atoms with van der Waals surface area (Å²) in [6.45, 7) is 4.00. The zero-order chi connectivity index (χ0) is 20.1. The van der Waals surface area contributed by atoms with Gasteiger partial charge in [0.1, 0.15) is 6.61 Å². The molecular weight excluding hydrogens is 380 g/mol. The molecule has 0 unspecified atom stereocenters. The summed E-state index contributed by atoms with van der Waals surface area (Å²) < 4.78 is 29.9. The van der Waals surface area contributed by atoms with Crippen molar-refractivity contribution in [2.24, 2.45) is 5.16 Å². The number of fused-ring (bicyclic) bond motifs is 1. The molecule has 9 nitrogen and oxygen atoms in total. The molecule has 0 radical (unpaired) electrons. The Bertz CT molecular complexity index is 1080. The molecule has 3 aromatic rings. The van der Waals surface area contributed by atoms with Crippen LogP contribution in [-0.4, -0.2) is 50.8 Å². The third kappa shape index (κ3) is 4.29. The zero-order valence-corrected chi connectivity index (χ0v) is 16.6. The van der Waals surface area contributed by atoms with E-state index >= 15 is 0 Å². The van der Waals surface area contributed by atoms with Crippen LogP contribution >= 0.6 is 0 Å². The highest BCUT2D eigenvalue weighted by Crippen LogP contribution is 2.30. The maximum Gasteiger partial charge on any atom is 0.241 e. The van der Waals surface area contributed by atoms with Crippen LogP contribution in [-0.2, 0) is 28.0 Å². The second-order valence-electron chi connectivity index (χ2n) is 6.28. The topological polar surface area (TPSA) is 102 Å². The summed E-state index contributed by atoms with van der Waals surface area (Å²) in [5.74, 6) is 0. The maximum absolute atomic E-state index is 12.9.